The smallest absolute Gasteiger partial charge is 0.236 e. The summed E-state index contributed by atoms with van der Waals surface area (Å²) < 4.78 is 7.33. The first-order valence-electron chi connectivity index (χ1n) is 7.51. The summed E-state index contributed by atoms with van der Waals surface area (Å²) in [7, 11) is 3.57. The van der Waals surface area contributed by atoms with Gasteiger partial charge in [0.1, 0.15) is 11.4 Å². The van der Waals surface area contributed by atoms with Crippen LogP contribution in [-0.2, 0) is 20.1 Å². The third-order valence-corrected chi connectivity index (χ3v) is 5.30. The number of hydrogen-bond acceptors (Lipinski definition) is 4. The molecule has 26 heavy (non-hydrogen) atoms. The number of oxazole rings is 1. The van der Waals surface area contributed by atoms with Gasteiger partial charge in [-0.3, -0.25) is 4.99 Å². The number of halogens is 3. The maximum absolute atomic E-state index is 6.07. The minimum Gasteiger partial charge on any atom is -0.443 e. The normalized spacial score (nSPS) is 11.3. The minimum atomic E-state index is 0. The van der Waals surface area contributed by atoms with E-state index in [1.165, 1.54) is 0 Å². The molecule has 0 fully saturated rings. The van der Waals surface area contributed by atoms with E-state index >= 15 is 0 Å². The summed E-state index contributed by atoms with van der Waals surface area (Å²) in [4.78, 5) is 9.67. The number of nitrogens with one attached hydrogen (secondary N) is 2. The van der Waals surface area contributed by atoms with Crippen molar-refractivity contribution in [3.63, 3.8) is 0 Å². The summed E-state index contributed by atoms with van der Waals surface area (Å²) >= 11 is 13.7. The van der Waals surface area contributed by atoms with E-state index in [2.05, 4.69) is 20.6 Å². The van der Waals surface area contributed by atoms with Gasteiger partial charge < -0.3 is 19.6 Å². The highest BCUT2D eigenvalue weighted by Crippen LogP contribution is 2.25. The lowest BCUT2D eigenvalue weighted by molar-refractivity contribution is 0.573. The number of aromatic nitrogens is 2. The molecule has 10 heteroatoms. The molecule has 140 valence electrons. The summed E-state index contributed by atoms with van der Waals surface area (Å²) in [5.41, 5.74) is 1.76. The Kier molecular flexibility index (Phi) is 7.81. The molecular weight excluding hydrogens is 508 g/mol. The molecule has 0 spiro atoms. The zero-order valence-corrected chi connectivity index (χ0v) is 18.8. The van der Waals surface area contributed by atoms with Gasteiger partial charge in [-0.2, -0.15) is 0 Å². The zero-order chi connectivity index (χ0) is 17.8. The predicted molar refractivity (Wildman–Crippen MR) is 118 cm³/mol. The van der Waals surface area contributed by atoms with Crippen molar-refractivity contribution in [1.29, 1.82) is 0 Å². The largest absolute Gasteiger partial charge is 0.443 e. The Bertz CT molecular complexity index is 875. The molecule has 0 amide bonds. The summed E-state index contributed by atoms with van der Waals surface area (Å²) in [6.45, 7) is 1.05. The van der Waals surface area contributed by atoms with Crippen molar-refractivity contribution in [3.05, 3.63) is 51.4 Å². The molecule has 0 unspecified atom stereocenters. The quantitative estimate of drug-likeness (QED) is 0.292. The van der Waals surface area contributed by atoms with Crippen LogP contribution in [-0.4, -0.2) is 22.6 Å². The third-order valence-electron chi connectivity index (χ3n) is 3.60. The molecular formula is C16H18Cl2IN5OS. The lowest BCUT2D eigenvalue weighted by Gasteiger charge is -2.11. The maximum atomic E-state index is 6.07. The molecule has 0 aromatic carbocycles. The van der Waals surface area contributed by atoms with Gasteiger partial charge in [0.15, 0.2) is 5.96 Å². The Hall–Kier alpha value is -1.23. The second-order valence-corrected chi connectivity index (χ2v) is 6.95. The van der Waals surface area contributed by atoms with Crippen molar-refractivity contribution in [2.24, 2.45) is 12.0 Å². The zero-order valence-electron chi connectivity index (χ0n) is 14.1. The average molecular weight is 526 g/mol. The molecule has 0 saturated heterocycles. The molecule has 0 radical (unpaired) electrons. The van der Waals surface area contributed by atoms with Gasteiger partial charge in [-0.25, -0.2) is 4.98 Å². The standard InChI is InChI=1S/C16H17Cl2N5OS.HI/c1-19-16(21-8-11-6-12(17)14(18)23(11)2)20-7-10-9-24-15(22-10)13-4-3-5-25-13;/h3-6,9H,7-8H2,1-2H3,(H2,19,20,21);1H. The number of guanidine groups is 1. The van der Waals surface area contributed by atoms with Crippen LogP contribution >= 0.6 is 58.5 Å². The fourth-order valence-electron chi connectivity index (χ4n) is 2.23. The SMILES string of the molecule is CN=C(NCc1coc(-c2cccs2)n1)NCc1cc(Cl)c(Cl)n1C.I. The lowest BCUT2D eigenvalue weighted by atomic mass is 10.4. The van der Waals surface area contributed by atoms with Crippen molar-refractivity contribution in [2.45, 2.75) is 13.1 Å². The van der Waals surface area contributed by atoms with E-state index in [4.69, 9.17) is 27.6 Å². The molecule has 6 nitrogen and oxygen atoms in total. The van der Waals surface area contributed by atoms with Crippen LogP contribution in [0.1, 0.15) is 11.4 Å². The van der Waals surface area contributed by atoms with Gasteiger partial charge in [0.05, 0.1) is 28.7 Å². The maximum Gasteiger partial charge on any atom is 0.236 e. The summed E-state index contributed by atoms with van der Waals surface area (Å²) in [6.07, 6.45) is 1.64. The predicted octanol–water partition coefficient (Wildman–Crippen LogP) is 4.53. The highest BCUT2D eigenvalue weighted by atomic mass is 127. The van der Waals surface area contributed by atoms with E-state index in [0.29, 0.717) is 35.1 Å². The monoisotopic (exact) mass is 525 g/mol. The fraction of sp³-hybridized carbons (Fsp3) is 0.250. The molecule has 0 saturated carbocycles. The van der Waals surface area contributed by atoms with Crippen LogP contribution in [0.15, 0.2) is 39.3 Å². The van der Waals surface area contributed by atoms with Gasteiger partial charge in [0.2, 0.25) is 5.89 Å². The van der Waals surface area contributed by atoms with Crippen LogP contribution in [0.3, 0.4) is 0 Å². The Morgan fingerprint density at radius 1 is 1.35 bits per heavy atom. The Morgan fingerprint density at radius 3 is 2.73 bits per heavy atom. The van der Waals surface area contributed by atoms with Crippen LogP contribution < -0.4 is 10.6 Å². The fourth-order valence-corrected chi connectivity index (χ4v) is 3.30. The molecule has 0 bridgehead atoms. The molecule has 0 aliphatic heterocycles. The molecule has 3 aromatic heterocycles. The second kappa shape index (κ2) is 9.63. The minimum absolute atomic E-state index is 0. The summed E-state index contributed by atoms with van der Waals surface area (Å²) in [5.74, 6) is 1.27. The Balaban J connectivity index is 0.00000243. The van der Waals surface area contributed by atoms with Crippen molar-refractivity contribution in [1.82, 2.24) is 20.2 Å². The van der Waals surface area contributed by atoms with Gasteiger partial charge in [-0.05, 0) is 17.5 Å². The average Bonchev–Trinajstić information content (AvgIpc) is 3.34. The van der Waals surface area contributed by atoms with Crippen molar-refractivity contribution in [3.8, 4) is 10.8 Å². The number of rotatable bonds is 5. The van der Waals surface area contributed by atoms with Crippen LogP contribution in [0.2, 0.25) is 10.2 Å². The molecule has 3 heterocycles. The van der Waals surface area contributed by atoms with E-state index in [1.807, 2.05) is 35.2 Å². The topological polar surface area (TPSA) is 67.4 Å². The highest BCUT2D eigenvalue weighted by Gasteiger charge is 2.10. The van der Waals surface area contributed by atoms with Gasteiger partial charge in [0, 0.05) is 19.8 Å². The molecule has 0 aliphatic carbocycles. The second-order valence-electron chi connectivity index (χ2n) is 5.23. The Labute approximate surface area is 182 Å². The van der Waals surface area contributed by atoms with E-state index in [-0.39, 0.29) is 24.0 Å². The third kappa shape index (κ3) is 4.93. The molecule has 0 aliphatic rings. The van der Waals surface area contributed by atoms with Crippen molar-refractivity contribution in [2.75, 3.05) is 7.05 Å². The van der Waals surface area contributed by atoms with E-state index in [1.54, 1.807) is 24.6 Å². The van der Waals surface area contributed by atoms with Crippen LogP contribution in [0.5, 0.6) is 0 Å². The molecule has 2 N–H and O–H groups in total. The number of thiophene rings is 1. The van der Waals surface area contributed by atoms with Crippen molar-refractivity contribution >= 4 is 64.5 Å². The molecule has 3 rings (SSSR count). The van der Waals surface area contributed by atoms with Gasteiger partial charge in [-0.1, -0.05) is 29.3 Å². The van der Waals surface area contributed by atoms with E-state index < -0.39 is 0 Å². The van der Waals surface area contributed by atoms with Gasteiger partial charge >= 0.3 is 0 Å². The summed E-state index contributed by atoms with van der Waals surface area (Å²) in [6, 6.07) is 5.77. The first-order chi connectivity index (χ1) is 12.1. The molecule has 0 atom stereocenters. The first-order valence-corrected chi connectivity index (χ1v) is 9.14. The van der Waals surface area contributed by atoms with Crippen LogP contribution in [0, 0.1) is 0 Å². The lowest BCUT2D eigenvalue weighted by Crippen LogP contribution is -2.36. The van der Waals surface area contributed by atoms with Crippen molar-refractivity contribution < 1.29 is 4.42 Å². The Morgan fingerprint density at radius 2 is 2.12 bits per heavy atom. The van der Waals surface area contributed by atoms with Crippen LogP contribution in [0.4, 0.5) is 0 Å². The number of aliphatic imine (C=N–C) groups is 1. The van der Waals surface area contributed by atoms with Crippen LogP contribution in [0.25, 0.3) is 10.8 Å². The van der Waals surface area contributed by atoms with Gasteiger partial charge in [0.25, 0.3) is 0 Å². The number of nitrogens with zero attached hydrogens (tertiary/aromatic N) is 3. The van der Waals surface area contributed by atoms with E-state index in [9.17, 15) is 0 Å². The molecule has 3 aromatic rings. The number of hydrogen-bond donors (Lipinski definition) is 2. The van der Waals surface area contributed by atoms with E-state index in [0.717, 1.165) is 16.3 Å². The van der Waals surface area contributed by atoms with Gasteiger partial charge in [-0.15, -0.1) is 35.3 Å². The summed E-state index contributed by atoms with van der Waals surface area (Å²) in [5, 5.41) is 9.46. The first kappa shape index (κ1) is 21.1. The highest BCUT2D eigenvalue weighted by molar-refractivity contribution is 14.0.